The van der Waals surface area contributed by atoms with Crippen LogP contribution in [0.4, 0.5) is 0 Å². The van der Waals surface area contributed by atoms with Crippen molar-refractivity contribution in [1.29, 1.82) is 0 Å². The van der Waals surface area contributed by atoms with Crippen molar-refractivity contribution in [2.45, 2.75) is 19.4 Å². The number of hydrogen-bond donors (Lipinski definition) is 0. The highest BCUT2D eigenvalue weighted by atomic mass is 16.5. The van der Waals surface area contributed by atoms with Gasteiger partial charge in [0.05, 0.1) is 30.5 Å². The van der Waals surface area contributed by atoms with Crippen LogP contribution in [0.15, 0.2) is 48.8 Å². The predicted molar refractivity (Wildman–Crippen MR) is 97.0 cm³/mol. The molecular weight excluding hydrogens is 314 g/mol. The Morgan fingerprint density at radius 1 is 1.24 bits per heavy atom. The van der Waals surface area contributed by atoms with E-state index in [1.54, 1.807) is 7.11 Å². The van der Waals surface area contributed by atoms with Crippen molar-refractivity contribution in [3.05, 3.63) is 59.9 Å². The fraction of sp³-hybridized carbons (Fsp3) is 0.300. The minimum absolute atomic E-state index is 0.0899. The van der Waals surface area contributed by atoms with Gasteiger partial charge in [-0.3, -0.25) is 4.79 Å². The summed E-state index contributed by atoms with van der Waals surface area (Å²) in [6, 6.07) is 14.0. The maximum atomic E-state index is 12.9. The first-order chi connectivity index (χ1) is 12.2. The lowest BCUT2D eigenvalue weighted by Gasteiger charge is -2.19. The molecule has 128 valence electrons. The number of benzene rings is 2. The van der Waals surface area contributed by atoms with Gasteiger partial charge in [0, 0.05) is 18.7 Å². The molecule has 25 heavy (non-hydrogen) atoms. The summed E-state index contributed by atoms with van der Waals surface area (Å²) in [5, 5.41) is 0. The summed E-state index contributed by atoms with van der Waals surface area (Å²) >= 11 is 0. The minimum atomic E-state index is 0.0899. The zero-order chi connectivity index (χ0) is 17.4. The Labute approximate surface area is 146 Å². The summed E-state index contributed by atoms with van der Waals surface area (Å²) in [6.07, 6.45) is 2.84. The number of imidazole rings is 1. The molecule has 1 amide bonds. The van der Waals surface area contributed by atoms with Gasteiger partial charge in [-0.25, -0.2) is 4.98 Å². The lowest BCUT2D eigenvalue weighted by molar-refractivity contribution is 0.0787. The number of rotatable bonds is 3. The molecule has 2 heterocycles. The summed E-state index contributed by atoms with van der Waals surface area (Å²) < 4.78 is 7.42. The van der Waals surface area contributed by atoms with Crippen LogP contribution in [-0.4, -0.2) is 40.6 Å². The maximum Gasteiger partial charge on any atom is 0.254 e. The molecule has 0 aliphatic carbocycles. The third-order valence-electron chi connectivity index (χ3n) is 4.99. The predicted octanol–water partition coefficient (Wildman–Crippen LogP) is 3.44. The van der Waals surface area contributed by atoms with Gasteiger partial charge < -0.3 is 14.2 Å². The molecule has 0 bridgehead atoms. The second-order valence-corrected chi connectivity index (χ2v) is 6.52. The summed E-state index contributed by atoms with van der Waals surface area (Å²) in [7, 11) is 1.64. The molecule has 4 rings (SSSR count). The average Bonchev–Trinajstić information content (AvgIpc) is 3.27. The quantitative estimate of drug-likeness (QED) is 0.737. The third kappa shape index (κ3) is 2.76. The van der Waals surface area contributed by atoms with Crippen LogP contribution in [0, 0.1) is 6.92 Å². The van der Waals surface area contributed by atoms with E-state index in [4.69, 9.17) is 4.74 Å². The normalized spacial score (nSPS) is 17.2. The number of nitrogens with zero attached hydrogens (tertiary/aromatic N) is 3. The van der Waals surface area contributed by atoms with Gasteiger partial charge in [-0.2, -0.15) is 0 Å². The van der Waals surface area contributed by atoms with E-state index in [9.17, 15) is 4.79 Å². The van der Waals surface area contributed by atoms with Crippen LogP contribution in [0.25, 0.3) is 11.0 Å². The Morgan fingerprint density at radius 3 is 2.88 bits per heavy atom. The van der Waals surface area contributed by atoms with E-state index < -0.39 is 0 Å². The van der Waals surface area contributed by atoms with Gasteiger partial charge in [-0.15, -0.1) is 0 Å². The topological polar surface area (TPSA) is 47.4 Å². The van der Waals surface area contributed by atoms with E-state index in [2.05, 4.69) is 15.6 Å². The number of ether oxygens (including phenoxy) is 1. The summed E-state index contributed by atoms with van der Waals surface area (Å²) in [6.45, 7) is 3.43. The first-order valence-electron chi connectivity index (χ1n) is 8.53. The summed E-state index contributed by atoms with van der Waals surface area (Å²) in [5.41, 5.74) is 3.82. The second-order valence-electron chi connectivity index (χ2n) is 6.52. The lowest BCUT2D eigenvalue weighted by atomic mass is 10.1. The summed E-state index contributed by atoms with van der Waals surface area (Å²) in [5.74, 6) is 0.866. The molecule has 1 atom stereocenters. The van der Waals surface area contributed by atoms with Crippen molar-refractivity contribution in [2.24, 2.45) is 0 Å². The minimum Gasteiger partial charge on any atom is -0.497 e. The van der Waals surface area contributed by atoms with Crippen LogP contribution in [-0.2, 0) is 0 Å². The van der Waals surface area contributed by atoms with E-state index in [-0.39, 0.29) is 11.9 Å². The van der Waals surface area contributed by atoms with Crippen molar-refractivity contribution >= 4 is 16.9 Å². The Balaban J connectivity index is 1.55. The first-order valence-corrected chi connectivity index (χ1v) is 8.53. The van der Waals surface area contributed by atoms with Crippen LogP contribution in [0.3, 0.4) is 0 Å². The van der Waals surface area contributed by atoms with Gasteiger partial charge in [-0.1, -0.05) is 12.1 Å². The fourth-order valence-corrected chi connectivity index (χ4v) is 3.60. The van der Waals surface area contributed by atoms with E-state index in [0.717, 1.165) is 40.9 Å². The first kappa shape index (κ1) is 15.7. The maximum absolute atomic E-state index is 12.9. The zero-order valence-electron chi connectivity index (χ0n) is 14.5. The Hall–Kier alpha value is -2.82. The molecule has 2 aromatic carbocycles. The van der Waals surface area contributed by atoms with Crippen molar-refractivity contribution in [1.82, 2.24) is 14.5 Å². The highest BCUT2D eigenvalue weighted by Crippen LogP contribution is 2.28. The molecule has 0 radical (unpaired) electrons. The van der Waals surface area contributed by atoms with E-state index in [1.165, 1.54) is 0 Å². The van der Waals surface area contributed by atoms with Crippen molar-refractivity contribution in [2.75, 3.05) is 20.2 Å². The van der Waals surface area contributed by atoms with Gasteiger partial charge in [0.1, 0.15) is 5.75 Å². The van der Waals surface area contributed by atoms with Crippen molar-refractivity contribution in [3.8, 4) is 5.75 Å². The van der Waals surface area contributed by atoms with Crippen LogP contribution in [0.1, 0.15) is 28.4 Å². The number of hydrogen-bond acceptors (Lipinski definition) is 3. The van der Waals surface area contributed by atoms with Gasteiger partial charge >= 0.3 is 0 Å². The fourth-order valence-electron chi connectivity index (χ4n) is 3.60. The van der Waals surface area contributed by atoms with E-state index in [1.807, 2.05) is 54.5 Å². The molecule has 1 aliphatic heterocycles. The number of carbonyl (C=O) groups is 1. The number of aryl methyl sites for hydroxylation is 1. The molecule has 0 saturated carbocycles. The second kappa shape index (κ2) is 6.24. The molecule has 0 unspecified atom stereocenters. The zero-order valence-corrected chi connectivity index (χ0v) is 14.5. The van der Waals surface area contributed by atoms with E-state index >= 15 is 0 Å². The highest BCUT2D eigenvalue weighted by Gasteiger charge is 2.29. The number of likely N-dealkylation sites (tertiary alicyclic amines) is 1. The standard InChI is InChI=1S/C20H21N3O2/c1-14-11-16(25-2)7-8-17(14)20(24)22-10-9-15(12-22)23-13-21-18-5-3-4-6-19(18)23/h3-8,11,13,15H,9-10,12H2,1-2H3/t15-/m0/s1. The lowest BCUT2D eigenvalue weighted by Crippen LogP contribution is -2.29. The molecule has 0 N–H and O–H groups in total. The van der Waals surface area contributed by atoms with Crippen LogP contribution in [0.2, 0.25) is 0 Å². The number of fused-ring (bicyclic) bond motifs is 1. The smallest absolute Gasteiger partial charge is 0.254 e. The van der Waals surface area contributed by atoms with Crippen LogP contribution in [0.5, 0.6) is 5.75 Å². The average molecular weight is 335 g/mol. The molecule has 1 aliphatic rings. The Kier molecular flexibility index (Phi) is 3.92. The Bertz CT molecular complexity index is 932. The van der Waals surface area contributed by atoms with Crippen LogP contribution >= 0.6 is 0 Å². The number of methoxy groups -OCH3 is 1. The van der Waals surface area contributed by atoms with E-state index in [0.29, 0.717) is 6.54 Å². The van der Waals surface area contributed by atoms with Gasteiger partial charge in [0.2, 0.25) is 0 Å². The largest absolute Gasteiger partial charge is 0.497 e. The molecule has 1 saturated heterocycles. The molecule has 1 aromatic heterocycles. The number of carbonyl (C=O) groups excluding carboxylic acids is 1. The highest BCUT2D eigenvalue weighted by molar-refractivity contribution is 5.96. The molecule has 3 aromatic rings. The van der Waals surface area contributed by atoms with Crippen molar-refractivity contribution < 1.29 is 9.53 Å². The molecule has 0 spiro atoms. The molecule has 1 fully saturated rings. The number of amides is 1. The monoisotopic (exact) mass is 335 g/mol. The van der Waals surface area contributed by atoms with Gasteiger partial charge in [0.15, 0.2) is 0 Å². The van der Waals surface area contributed by atoms with Crippen molar-refractivity contribution in [3.63, 3.8) is 0 Å². The number of para-hydroxylation sites is 2. The van der Waals surface area contributed by atoms with Gasteiger partial charge in [0.25, 0.3) is 5.91 Å². The molecular formula is C20H21N3O2. The third-order valence-corrected chi connectivity index (χ3v) is 4.99. The van der Waals surface area contributed by atoms with Crippen LogP contribution < -0.4 is 4.74 Å². The Morgan fingerprint density at radius 2 is 2.08 bits per heavy atom. The van der Waals surface area contributed by atoms with Gasteiger partial charge in [-0.05, 0) is 49.2 Å². The number of aromatic nitrogens is 2. The molecule has 5 heteroatoms. The SMILES string of the molecule is COc1ccc(C(=O)N2CC[C@H](n3cnc4ccccc43)C2)c(C)c1. The summed E-state index contributed by atoms with van der Waals surface area (Å²) in [4.78, 5) is 19.3. The molecule has 5 nitrogen and oxygen atoms in total.